The summed E-state index contributed by atoms with van der Waals surface area (Å²) in [6.07, 6.45) is 6.82. The Labute approximate surface area is 111 Å². The normalized spacial score (nSPS) is 17.0. The molecule has 1 fully saturated rings. The average Bonchev–Trinajstić information content (AvgIpc) is 2.38. The first-order chi connectivity index (χ1) is 8.34. The quantitative estimate of drug-likeness (QED) is 0.670. The van der Waals surface area contributed by atoms with Crippen molar-refractivity contribution in [2.45, 2.75) is 25.7 Å². The van der Waals surface area contributed by atoms with Crippen molar-refractivity contribution in [3.05, 3.63) is 22.9 Å². The maximum absolute atomic E-state index is 5.65. The summed E-state index contributed by atoms with van der Waals surface area (Å²) in [6.45, 7) is 3.16. The Kier molecular flexibility index (Phi) is 5.26. The lowest BCUT2D eigenvalue weighted by molar-refractivity contribution is 0.273. The molecule has 0 spiro atoms. The van der Waals surface area contributed by atoms with Gasteiger partial charge in [-0.15, -0.1) is 0 Å². The molecule has 17 heavy (non-hydrogen) atoms. The van der Waals surface area contributed by atoms with Gasteiger partial charge in [-0.25, -0.2) is 4.98 Å². The van der Waals surface area contributed by atoms with Gasteiger partial charge < -0.3 is 10.1 Å². The van der Waals surface area contributed by atoms with Gasteiger partial charge in [0, 0.05) is 0 Å². The van der Waals surface area contributed by atoms with Crippen LogP contribution in [0.25, 0.3) is 0 Å². The zero-order valence-electron chi connectivity index (χ0n) is 9.99. The van der Waals surface area contributed by atoms with E-state index in [9.17, 15) is 0 Å². The van der Waals surface area contributed by atoms with Crippen molar-refractivity contribution in [1.82, 2.24) is 10.3 Å². The highest BCUT2D eigenvalue weighted by Crippen LogP contribution is 2.18. The van der Waals surface area contributed by atoms with Crippen molar-refractivity contribution in [3.8, 4) is 5.75 Å². The first-order valence-corrected chi connectivity index (χ1v) is 7.09. The third-order valence-electron chi connectivity index (χ3n) is 3.18. The number of rotatable bonds is 5. The Bertz CT molecular complexity index is 323. The molecule has 1 aliphatic rings. The van der Waals surface area contributed by atoms with Gasteiger partial charge in [0.25, 0.3) is 0 Å². The maximum atomic E-state index is 5.65. The summed E-state index contributed by atoms with van der Waals surface area (Å²) in [7, 11) is 0. The molecule has 2 rings (SSSR count). The van der Waals surface area contributed by atoms with Crippen LogP contribution in [0.3, 0.4) is 0 Å². The van der Waals surface area contributed by atoms with Gasteiger partial charge >= 0.3 is 0 Å². The summed E-state index contributed by atoms with van der Waals surface area (Å²) in [5.74, 6) is 1.75. The molecule has 0 saturated carbocycles. The van der Waals surface area contributed by atoms with E-state index >= 15 is 0 Å². The van der Waals surface area contributed by atoms with Crippen molar-refractivity contribution >= 4 is 15.9 Å². The van der Waals surface area contributed by atoms with E-state index in [0.717, 1.165) is 29.3 Å². The van der Waals surface area contributed by atoms with E-state index in [1.165, 1.54) is 32.4 Å². The van der Waals surface area contributed by atoms with E-state index in [0.29, 0.717) is 0 Å². The summed E-state index contributed by atoms with van der Waals surface area (Å²) in [5, 5.41) is 3.39. The van der Waals surface area contributed by atoms with Crippen molar-refractivity contribution in [1.29, 1.82) is 0 Å². The molecular formula is C13H19BrN2O. The standard InChI is InChI=1S/C13H19BrN2O/c14-13-4-3-12(10-16-13)17-9-1-2-11-5-7-15-8-6-11/h3-4,10-11,15H,1-2,5-9H2. The molecule has 1 aromatic heterocycles. The van der Waals surface area contributed by atoms with Crippen LogP contribution in [-0.2, 0) is 0 Å². The number of pyridine rings is 1. The summed E-state index contributed by atoms with van der Waals surface area (Å²) < 4.78 is 6.50. The minimum absolute atomic E-state index is 0.799. The average molecular weight is 299 g/mol. The molecule has 3 nitrogen and oxygen atoms in total. The molecule has 94 valence electrons. The Morgan fingerprint density at radius 3 is 2.88 bits per heavy atom. The second kappa shape index (κ2) is 6.97. The monoisotopic (exact) mass is 298 g/mol. The fourth-order valence-electron chi connectivity index (χ4n) is 2.18. The topological polar surface area (TPSA) is 34.1 Å². The Morgan fingerprint density at radius 1 is 1.35 bits per heavy atom. The van der Waals surface area contributed by atoms with Crippen LogP contribution in [0, 0.1) is 5.92 Å². The SMILES string of the molecule is Brc1ccc(OCCCC2CCNCC2)cn1. The predicted molar refractivity (Wildman–Crippen MR) is 72.3 cm³/mol. The van der Waals surface area contributed by atoms with Gasteiger partial charge in [-0.1, -0.05) is 0 Å². The van der Waals surface area contributed by atoms with Crippen LogP contribution in [0.15, 0.2) is 22.9 Å². The van der Waals surface area contributed by atoms with Crippen LogP contribution < -0.4 is 10.1 Å². The third-order valence-corrected chi connectivity index (χ3v) is 3.65. The number of ether oxygens (including phenoxy) is 1. The molecule has 0 unspecified atom stereocenters. The van der Waals surface area contributed by atoms with Gasteiger partial charge in [0.2, 0.25) is 0 Å². The van der Waals surface area contributed by atoms with E-state index in [4.69, 9.17) is 4.74 Å². The van der Waals surface area contributed by atoms with Crippen LogP contribution in [0.5, 0.6) is 5.75 Å². The molecule has 0 amide bonds. The van der Waals surface area contributed by atoms with Gasteiger partial charge in [0.15, 0.2) is 0 Å². The Hall–Kier alpha value is -0.610. The summed E-state index contributed by atoms with van der Waals surface area (Å²) >= 11 is 3.31. The number of piperidine rings is 1. The molecule has 2 heterocycles. The van der Waals surface area contributed by atoms with Gasteiger partial charge in [-0.2, -0.15) is 0 Å². The zero-order valence-corrected chi connectivity index (χ0v) is 11.6. The van der Waals surface area contributed by atoms with E-state index in [2.05, 4.69) is 26.2 Å². The highest BCUT2D eigenvalue weighted by molar-refractivity contribution is 9.10. The molecule has 1 aromatic rings. The highest BCUT2D eigenvalue weighted by Gasteiger charge is 2.12. The van der Waals surface area contributed by atoms with Crippen LogP contribution in [0.4, 0.5) is 0 Å². The fraction of sp³-hybridized carbons (Fsp3) is 0.615. The number of hydrogen-bond acceptors (Lipinski definition) is 3. The third kappa shape index (κ3) is 4.64. The van der Waals surface area contributed by atoms with Gasteiger partial charge in [-0.05, 0) is 72.8 Å². The van der Waals surface area contributed by atoms with E-state index in [-0.39, 0.29) is 0 Å². The van der Waals surface area contributed by atoms with Gasteiger partial charge in [-0.3, -0.25) is 0 Å². The Morgan fingerprint density at radius 2 is 2.18 bits per heavy atom. The molecule has 1 N–H and O–H groups in total. The van der Waals surface area contributed by atoms with Crippen molar-refractivity contribution in [2.24, 2.45) is 5.92 Å². The molecular weight excluding hydrogens is 280 g/mol. The molecule has 1 saturated heterocycles. The number of aromatic nitrogens is 1. The highest BCUT2D eigenvalue weighted by atomic mass is 79.9. The first-order valence-electron chi connectivity index (χ1n) is 6.29. The molecule has 0 bridgehead atoms. The van der Waals surface area contributed by atoms with E-state index in [1.807, 2.05) is 12.1 Å². The second-order valence-electron chi connectivity index (χ2n) is 4.50. The molecule has 1 aliphatic heterocycles. The summed E-state index contributed by atoms with van der Waals surface area (Å²) in [6, 6.07) is 3.85. The van der Waals surface area contributed by atoms with Crippen molar-refractivity contribution in [3.63, 3.8) is 0 Å². The van der Waals surface area contributed by atoms with Crippen LogP contribution in [-0.4, -0.2) is 24.7 Å². The summed E-state index contributed by atoms with van der Waals surface area (Å²) in [4.78, 5) is 4.13. The smallest absolute Gasteiger partial charge is 0.137 e. The lowest BCUT2D eigenvalue weighted by Crippen LogP contribution is -2.27. The van der Waals surface area contributed by atoms with E-state index < -0.39 is 0 Å². The lowest BCUT2D eigenvalue weighted by Gasteiger charge is -2.22. The summed E-state index contributed by atoms with van der Waals surface area (Å²) in [5.41, 5.74) is 0. The second-order valence-corrected chi connectivity index (χ2v) is 5.31. The largest absolute Gasteiger partial charge is 0.492 e. The van der Waals surface area contributed by atoms with E-state index in [1.54, 1.807) is 6.20 Å². The fourth-order valence-corrected chi connectivity index (χ4v) is 2.41. The number of halogens is 1. The predicted octanol–water partition coefficient (Wildman–Crippen LogP) is 3.00. The lowest BCUT2D eigenvalue weighted by atomic mass is 9.93. The number of hydrogen-bond donors (Lipinski definition) is 1. The first kappa shape index (κ1) is 12.8. The van der Waals surface area contributed by atoms with Crippen LogP contribution >= 0.6 is 15.9 Å². The maximum Gasteiger partial charge on any atom is 0.137 e. The molecule has 0 aromatic carbocycles. The van der Waals surface area contributed by atoms with Crippen LogP contribution in [0.2, 0.25) is 0 Å². The van der Waals surface area contributed by atoms with Crippen molar-refractivity contribution < 1.29 is 4.74 Å². The van der Waals surface area contributed by atoms with Gasteiger partial charge in [0.1, 0.15) is 10.4 Å². The number of nitrogens with one attached hydrogen (secondary N) is 1. The molecule has 0 aliphatic carbocycles. The number of nitrogens with zero attached hydrogens (tertiary/aromatic N) is 1. The minimum Gasteiger partial charge on any atom is -0.492 e. The zero-order chi connectivity index (χ0) is 11.9. The molecule has 0 atom stereocenters. The molecule has 4 heteroatoms. The van der Waals surface area contributed by atoms with Crippen molar-refractivity contribution in [2.75, 3.05) is 19.7 Å². The van der Waals surface area contributed by atoms with Gasteiger partial charge in [0.05, 0.1) is 12.8 Å². The van der Waals surface area contributed by atoms with Crippen LogP contribution in [0.1, 0.15) is 25.7 Å². The molecule has 0 radical (unpaired) electrons. The minimum atomic E-state index is 0.799. The Balaban J connectivity index is 1.60.